The van der Waals surface area contributed by atoms with Crippen LogP contribution in [0, 0.1) is 11.8 Å². The number of nitrogens with two attached hydrogens (primary N) is 1. The molecule has 0 aliphatic carbocycles. The van der Waals surface area contributed by atoms with Gasteiger partial charge in [-0.2, -0.15) is 0 Å². The zero-order chi connectivity index (χ0) is 25.0. The maximum absolute atomic E-state index is 12.6. The van der Waals surface area contributed by atoms with E-state index in [1.54, 1.807) is 24.3 Å². The highest BCUT2D eigenvalue weighted by molar-refractivity contribution is 5.89. The molecule has 0 radical (unpaired) electrons. The second-order valence-corrected chi connectivity index (χ2v) is 10.7. The van der Waals surface area contributed by atoms with Gasteiger partial charge in [-0.3, -0.25) is 9.80 Å². The first-order chi connectivity index (χ1) is 16.3. The molecule has 2 unspecified atom stereocenters. The molecule has 3 N–H and O–H groups in total. The minimum absolute atomic E-state index is 0.326. The van der Waals surface area contributed by atoms with Gasteiger partial charge in [0, 0.05) is 31.9 Å². The Bertz CT molecular complexity index is 683. The molecule has 1 aliphatic heterocycles. The van der Waals surface area contributed by atoms with E-state index in [-0.39, 0.29) is 11.5 Å². The number of carbonyl (C=O) groups excluding carboxylic acids is 1. The second-order valence-electron chi connectivity index (χ2n) is 10.7. The SMILES string of the molecule is CCCCC(CC)CN1CN(CC(CC)CCCC)CC(C)(NOC(=O)c2ccc(N)cc2)C1. The van der Waals surface area contributed by atoms with Gasteiger partial charge in [-0.1, -0.05) is 66.2 Å². The van der Waals surface area contributed by atoms with E-state index >= 15 is 0 Å². The molecule has 1 aliphatic rings. The van der Waals surface area contributed by atoms with E-state index in [4.69, 9.17) is 10.6 Å². The molecule has 6 nitrogen and oxygen atoms in total. The Morgan fingerprint density at radius 2 is 1.47 bits per heavy atom. The van der Waals surface area contributed by atoms with Crippen molar-refractivity contribution >= 4 is 11.7 Å². The van der Waals surface area contributed by atoms with Crippen molar-refractivity contribution in [3.05, 3.63) is 29.8 Å². The fourth-order valence-corrected chi connectivity index (χ4v) is 5.14. The number of nitrogen functional groups attached to an aromatic ring is 1. The molecule has 0 aromatic heterocycles. The van der Waals surface area contributed by atoms with Crippen molar-refractivity contribution in [3.63, 3.8) is 0 Å². The van der Waals surface area contributed by atoms with Crippen LogP contribution in [-0.4, -0.2) is 54.2 Å². The highest BCUT2D eigenvalue weighted by Crippen LogP contribution is 2.24. The molecular weight excluding hydrogens is 424 g/mol. The molecule has 0 saturated carbocycles. The molecule has 0 spiro atoms. The predicted octanol–water partition coefficient (Wildman–Crippen LogP) is 5.70. The summed E-state index contributed by atoms with van der Waals surface area (Å²) < 4.78 is 0. The van der Waals surface area contributed by atoms with Crippen LogP contribution in [-0.2, 0) is 4.84 Å². The van der Waals surface area contributed by atoms with Crippen molar-refractivity contribution in [2.24, 2.45) is 11.8 Å². The lowest BCUT2D eigenvalue weighted by Gasteiger charge is -2.47. The lowest BCUT2D eigenvalue weighted by Crippen LogP contribution is -2.65. The second kappa shape index (κ2) is 14.7. The largest absolute Gasteiger partial charge is 0.399 e. The van der Waals surface area contributed by atoms with Crippen LogP contribution in [0.4, 0.5) is 5.69 Å². The zero-order valence-corrected chi connectivity index (χ0v) is 22.4. The van der Waals surface area contributed by atoms with Crippen LogP contribution in [0.3, 0.4) is 0 Å². The van der Waals surface area contributed by atoms with Gasteiger partial charge in [0.1, 0.15) is 0 Å². The Kier molecular flexibility index (Phi) is 12.4. The summed E-state index contributed by atoms with van der Waals surface area (Å²) in [5.41, 5.74) is 9.75. The number of carbonyl (C=O) groups is 1. The Hall–Kier alpha value is -1.63. The van der Waals surface area contributed by atoms with E-state index < -0.39 is 0 Å². The number of hydrogen-bond acceptors (Lipinski definition) is 6. The molecule has 1 fully saturated rings. The zero-order valence-electron chi connectivity index (χ0n) is 22.4. The molecule has 2 atom stereocenters. The molecule has 194 valence electrons. The van der Waals surface area contributed by atoms with Crippen molar-refractivity contribution in [2.75, 3.05) is 38.6 Å². The quantitative estimate of drug-likeness (QED) is 0.251. The fourth-order valence-electron chi connectivity index (χ4n) is 5.14. The first-order valence-electron chi connectivity index (χ1n) is 13.6. The number of anilines is 1. The van der Waals surface area contributed by atoms with Crippen molar-refractivity contribution in [2.45, 2.75) is 91.5 Å². The van der Waals surface area contributed by atoms with E-state index in [2.05, 4.69) is 49.9 Å². The molecule has 1 heterocycles. The van der Waals surface area contributed by atoms with E-state index in [1.165, 1.54) is 51.4 Å². The highest BCUT2D eigenvalue weighted by atomic mass is 16.7. The lowest BCUT2D eigenvalue weighted by molar-refractivity contribution is -0.0582. The van der Waals surface area contributed by atoms with Crippen molar-refractivity contribution in [3.8, 4) is 0 Å². The van der Waals surface area contributed by atoms with Gasteiger partial charge in [-0.15, -0.1) is 5.48 Å². The number of benzene rings is 1. The third kappa shape index (κ3) is 9.55. The van der Waals surface area contributed by atoms with Crippen molar-refractivity contribution in [1.29, 1.82) is 0 Å². The van der Waals surface area contributed by atoms with Crippen LogP contribution >= 0.6 is 0 Å². The number of unbranched alkanes of at least 4 members (excludes halogenated alkanes) is 2. The molecule has 6 heteroatoms. The summed E-state index contributed by atoms with van der Waals surface area (Å²) in [5.74, 6) is 1.06. The number of nitrogens with one attached hydrogen (secondary N) is 1. The van der Waals surface area contributed by atoms with E-state index in [9.17, 15) is 4.79 Å². The van der Waals surface area contributed by atoms with E-state index in [1.807, 2.05) is 0 Å². The van der Waals surface area contributed by atoms with Crippen LogP contribution in [0.15, 0.2) is 24.3 Å². The summed E-state index contributed by atoms with van der Waals surface area (Å²) in [5, 5.41) is 0. The van der Waals surface area contributed by atoms with Crippen LogP contribution in [0.1, 0.15) is 96.3 Å². The van der Waals surface area contributed by atoms with Gasteiger partial charge < -0.3 is 10.6 Å². The summed E-state index contributed by atoms with van der Waals surface area (Å²) >= 11 is 0. The van der Waals surface area contributed by atoms with Crippen molar-refractivity contribution in [1.82, 2.24) is 15.3 Å². The van der Waals surface area contributed by atoms with Gasteiger partial charge in [0.2, 0.25) is 0 Å². The number of hydroxylamine groups is 1. The van der Waals surface area contributed by atoms with Gasteiger partial charge in [0.15, 0.2) is 0 Å². The number of rotatable bonds is 15. The molecule has 1 saturated heterocycles. The van der Waals surface area contributed by atoms with Gasteiger partial charge >= 0.3 is 5.97 Å². The third-order valence-electron chi connectivity index (χ3n) is 7.20. The third-order valence-corrected chi connectivity index (χ3v) is 7.20. The van der Waals surface area contributed by atoms with Gasteiger partial charge in [0.05, 0.1) is 17.8 Å². The van der Waals surface area contributed by atoms with Gasteiger partial charge in [-0.05, 0) is 55.9 Å². The lowest BCUT2D eigenvalue weighted by atomic mass is 9.93. The monoisotopic (exact) mass is 474 g/mol. The Morgan fingerprint density at radius 3 is 1.91 bits per heavy atom. The highest BCUT2D eigenvalue weighted by Gasteiger charge is 2.37. The Morgan fingerprint density at radius 1 is 0.971 bits per heavy atom. The van der Waals surface area contributed by atoms with Crippen LogP contribution in [0.25, 0.3) is 0 Å². The number of hydrogen-bond donors (Lipinski definition) is 2. The maximum Gasteiger partial charge on any atom is 0.356 e. The molecule has 34 heavy (non-hydrogen) atoms. The van der Waals surface area contributed by atoms with E-state index in [0.717, 1.165) is 32.8 Å². The van der Waals surface area contributed by atoms with Crippen LogP contribution in [0.5, 0.6) is 0 Å². The standard InChI is InChI=1S/C28H50N4O2/c1-6-10-12-23(8-3)18-31-20-28(5,21-32(22-31)19-24(9-4)13-11-7-2)30-34-27(33)25-14-16-26(29)17-15-25/h14-17,23-24,30H,6-13,18-22,29H2,1-5H3. The van der Waals surface area contributed by atoms with E-state index in [0.29, 0.717) is 23.1 Å². The summed E-state index contributed by atoms with van der Waals surface area (Å²) in [6.45, 7) is 16.3. The topological polar surface area (TPSA) is 70.8 Å². The average molecular weight is 475 g/mol. The van der Waals surface area contributed by atoms with Crippen LogP contribution in [0.2, 0.25) is 0 Å². The summed E-state index contributed by atoms with van der Waals surface area (Å²) in [6, 6.07) is 6.87. The summed E-state index contributed by atoms with van der Waals surface area (Å²) in [7, 11) is 0. The first-order valence-corrected chi connectivity index (χ1v) is 13.6. The molecule has 1 aromatic carbocycles. The minimum atomic E-state index is -0.367. The fraction of sp³-hybridized carbons (Fsp3) is 0.750. The Labute approximate surface area is 208 Å². The number of nitrogens with zero attached hydrogens (tertiary/aromatic N) is 2. The van der Waals surface area contributed by atoms with Gasteiger partial charge in [-0.25, -0.2) is 4.79 Å². The summed E-state index contributed by atoms with van der Waals surface area (Å²) in [4.78, 5) is 23.4. The Balaban J connectivity index is 2.08. The molecule has 0 bridgehead atoms. The maximum atomic E-state index is 12.6. The molecule has 2 rings (SSSR count). The molecular formula is C28H50N4O2. The molecule has 0 amide bonds. The minimum Gasteiger partial charge on any atom is -0.399 e. The van der Waals surface area contributed by atoms with Crippen LogP contribution < -0.4 is 11.2 Å². The normalized spacial score (nSPS) is 21.3. The predicted molar refractivity (Wildman–Crippen MR) is 142 cm³/mol. The van der Waals surface area contributed by atoms with Crippen molar-refractivity contribution < 1.29 is 9.63 Å². The molecule has 1 aromatic rings. The average Bonchev–Trinajstić information content (AvgIpc) is 2.83. The first kappa shape index (κ1) is 28.6. The summed E-state index contributed by atoms with van der Waals surface area (Å²) in [6.07, 6.45) is 10.1. The van der Waals surface area contributed by atoms with Gasteiger partial charge in [0.25, 0.3) is 0 Å². The smallest absolute Gasteiger partial charge is 0.356 e.